The zero-order valence-corrected chi connectivity index (χ0v) is 13.7. The number of hydrogen-bond acceptors (Lipinski definition) is 4. The first-order valence-corrected chi connectivity index (χ1v) is 8.02. The summed E-state index contributed by atoms with van der Waals surface area (Å²) >= 11 is 0. The molecule has 1 aromatic heterocycles. The summed E-state index contributed by atoms with van der Waals surface area (Å²) in [6.07, 6.45) is 3.66. The summed E-state index contributed by atoms with van der Waals surface area (Å²) in [4.78, 5) is 16.7. The van der Waals surface area contributed by atoms with Crippen LogP contribution in [0.2, 0.25) is 0 Å². The lowest BCUT2D eigenvalue weighted by molar-refractivity contribution is 0.102. The van der Waals surface area contributed by atoms with Crippen molar-refractivity contribution in [2.45, 2.75) is 6.92 Å². The van der Waals surface area contributed by atoms with E-state index in [0.29, 0.717) is 30.3 Å². The second-order valence-corrected chi connectivity index (χ2v) is 5.70. The Morgan fingerprint density at radius 1 is 1.08 bits per heavy atom. The van der Waals surface area contributed by atoms with Crippen molar-refractivity contribution in [3.63, 3.8) is 0 Å². The van der Waals surface area contributed by atoms with Crippen molar-refractivity contribution in [3.8, 4) is 17.2 Å². The number of anilines is 1. The number of carbonyl (C=O) groups is 1. The molecule has 1 aliphatic rings. The lowest BCUT2D eigenvalue weighted by atomic mass is 10.1. The predicted octanol–water partition coefficient (Wildman–Crippen LogP) is 3.20. The van der Waals surface area contributed by atoms with Gasteiger partial charge in [-0.05, 0) is 49.4 Å². The van der Waals surface area contributed by atoms with E-state index in [2.05, 4.69) is 10.3 Å². The van der Waals surface area contributed by atoms with Crippen molar-refractivity contribution in [1.29, 1.82) is 0 Å². The highest BCUT2D eigenvalue weighted by Gasteiger charge is 2.15. The van der Waals surface area contributed by atoms with Gasteiger partial charge in [0.25, 0.3) is 5.91 Å². The number of ether oxygens (including phenoxy) is 2. The SMILES string of the molecule is Cc1nccn1-c1ccc(NC(=O)c2ccc3c(c2)OCCO3)cc1. The van der Waals surface area contributed by atoms with Crippen LogP contribution in [-0.4, -0.2) is 28.7 Å². The van der Waals surface area contributed by atoms with Gasteiger partial charge in [-0.3, -0.25) is 4.79 Å². The van der Waals surface area contributed by atoms with Gasteiger partial charge >= 0.3 is 0 Å². The van der Waals surface area contributed by atoms with Gasteiger partial charge in [0.1, 0.15) is 19.0 Å². The Kier molecular flexibility index (Phi) is 3.85. The first-order chi connectivity index (χ1) is 12.2. The summed E-state index contributed by atoms with van der Waals surface area (Å²) in [5.74, 6) is 1.99. The predicted molar refractivity (Wildman–Crippen MR) is 93.7 cm³/mol. The molecule has 0 aliphatic carbocycles. The van der Waals surface area contributed by atoms with E-state index < -0.39 is 0 Å². The molecule has 3 aromatic rings. The molecule has 2 aromatic carbocycles. The molecule has 0 unspecified atom stereocenters. The molecule has 0 spiro atoms. The second-order valence-electron chi connectivity index (χ2n) is 5.70. The number of hydrogen-bond donors (Lipinski definition) is 1. The summed E-state index contributed by atoms with van der Waals surface area (Å²) < 4.78 is 13.0. The minimum absolute atomic E-state index is 0.191. The quantitative estimate of drug-likeness (QED) is 0.798. The van der Waals surface area contributed by atoms with E-state index >= 15 is 0 Å². The molecule has 1 aliphatic heterocycles. The van der Waals surface area contributed by atoms with E-state index in [9.17, 15) is 4.79 Å². The lowest BCUT2D eigenvalue weighted by Gasteiger charge is -2.18. The van der Waals surface area contributed by atoms with Gasteiger partial charge in [-0.2, -0.15) is 0 Å². The van der Waals surface area contributed by atoms with Crippen LogP contribution in [0.15, 0.2) is 54.9 Å². The van der Waals surface area contributed by atoms with Gasteiger partial charge in [0.05, 0.1) is 0 Å². The number of aryl methyl sites for hydroxylation is 1. The second kappa shape index (κ2) is 6.32. The Morgan fingerprint density at radius 3 is 2.56 bits per heavy atom. The van der Waals surface area contributed by atoms with E-state index in [1.807, 2.05) is 42.0 Å². The summed E-state index contributed by atoms with van der Waals surface area (Å²) in [5, 5.41) is 2.89. The van der Waals surface area contributed by atoms with Crippen LogP contribution in [0.4, 0.5) is 5.69 Å². The molecule has 0 bridgehead atoms. The Balaban J connectivity index is 1.50. The molecule has 6 heteroatoms. The molecular formula is C19H17N3O3. The summed E-state index contributed by atoms with van der Waals surface area (Å²) in [7, 11) is 0. The maximum absolute atomic E-state index is 12.4. The molecule has 0 saturated carbocycles. The van der Waals surface area contributed by atoms with Gasteiger partial charge in [0.15, 0.2) is 11.5 Å². The number of nitrogens with one attached hydrogen (secondary N) is 1. The van der Waals surface area contributed by atoms with Crippen LogP contribution in [0, 0.1) is 6.92 Å². The maximum Gasteiger partial charge on any atom is 0.255 e. The molecule has 1 N–H and O–H groups in total. The largest absolute Gasteiger partial charge is 0.486 e. The first-order valence-electron chi connectivity index (χ1n) is 8.02. The molecule has 2 heterocycles. The Bertz CT molecular complexity index is 916. The number of aromatic nitrogens is 2. The Morgan fingerprint density at radius 2 is 1.84 bits per heavy atom. The number of rotatable bonds is 3. The van der Waals surface area contributed by atoms with Crippen molar-refractivity contribution in [3.05, 3.63) is 66.2 Å². The monoisotopic (exact) mass is 335 g/mol. The number of fused-ring (bicyclic) bond motifs is 1. The zero-order chi connectivity index (χ0) is 17.2. The smallest absolute Gasteiger partial charge is 0.255 e. The molecule has 25 heavy (non-hydrogen) atoms. The van der Waals surface area contributed by atoms with Crippen molar-refractivity contribution in [2.24, 2.45) is 0 Å². The molecule has 0 atom stereocenters. The fourth-order valence-corrected chi connectivity index (χ4v) is 2.74. The van der Waals surface area contributed by atoms with Crippen LogP contribution < -0.4 is 14.8 Å². The summed E-state index contributed by atoms with van der Waals surface area (Å²) in [5.41, 5.74) is 2.24. The van der Waals surface area contributed by atoms with E-state index in [-0.39, 0.29) is 5.91 Å². The third-order valence-corrected chi connectivity index (χ3v) is 4.03. The molecule has 0 saturated heterocycles. The molecule has 1 amide bonds. The topological polar surface area (TPSA) is 65.4 Å². The molecule has 0 radical (unpaired) electrons. The highest BCUT2D eigenvalue weighted by Crippen LogP contribution is 2.31. The fraction of sp³-hybridized carbons (Fsp3) is 0.158. The van der Waals surface area contributed by atoms with Crippen molar-refractivity contribution < 1.29 is 14.3 Å². The van der Waals surface area contributed by atoms with Crippen LogP contribution in [0.3, 0.4) is 0 Å². The third-order valence-electron chi connectivity index (χ3n) is 4.03. The van der Waals surface area contributed by atoms with Gasteiger partial charge in [-0.15, -0.1) is 0 Å². The van der Waals surface area contributed by atoms with Crippen LogP contribution in [0.5, 0.6) is 11.5 Å². The first kappa shape index (κ1) is 15.3. The van der Waals surface area contributed by atoms with Crippen molar-refractivity contribution >= 4 is 11.6 Å². The van der Waals surface area contributed by atoms with E-state index in [4.69, 9.17) is 9.47 Å². The van der Waals surface area contributed by atoms with Crippen LogP contribution >= 0.6 is 0 Å². The molecular weight excluding hydrogens is 318 g/mol. The molecule has 126 valence electrons. The van der Waals surface area contributed by atoms with E-state index in [1.165, 1.54) is 0 Å². The minimum Gasteiger partial charge on any atom is -0.486 e. The van der Waals surface area contributed by atoms with Gasteiger partial charge in [0.2, 0.25) is 0 Å². The molecule has 0 fully saturated rings. The van der Waals surface area contributed by atoms with Gasteiger partial charge in [-0.1, -0.05) is 0 Å². The van der Waals surface area contributed by atoms with Crippen molar-refractivity contribution in [2.75, 3.05) is 18.5 Å². The highest BCUT2D eigenvalue weighted by molar-refractivity contribution is 6.04. The Labute approximate surface area is 145 Å². The number of imidazole rings is 1. The van der Waals surface area contributed by atoms with Gasteiger partial charge in [-0.25, -0.2) is 4.98 Å². The van der Waals surface area contributed by atoms with Gasteiger partial charge < -0.3 is 19.4 Å². The van der Waals surface area contributed by atoms with Crippen LogP contribution in [-0.2, 0) is 0 Å². The third kappa shape index (κ3) is 3.06. The standard InChI is InChI=1S/C19H17N3O3/c1-13-20-8-9-22(13)16-5-3-15(4-6-16)21-19(23)14-2-7-17-18(12-14)25-11-10-24-17/h2-9,12H,10-11H2,1H3,(H,21,23). The number of carbonyl (C=O) groups excluding carboxylic acids is 1. The maximum atomic E-state index is 12.4. The summed E-state index contributed by atoms with van der Waals surface area (Å²) in [6, 6.07) is 12.8. The molecule has 6 nitrogen and oxygen atoms in total. The summed E-state index contributed by atoms with van der Waals surface area (Å²) in [6.45, 7) is 2.96. The van der Waals surface area contributed by atoms with E-state index in [0.717, 1.165) is 17.2 Å². The Hall–Kier alpha value is -3.28. The average Bonchev–Trinajstić information content (AvgIpc) is 3.08. The number of amides is 1. The lowest BCUT2D eigenvalue weighted by Crippen LogP contribution is -2.17. The molecule has 4 rings (SSSR count). The average molecular weight is 335 g/mol. The number of benzene rings is 2. The minimum atomic E-state index is -0.191. The zero-order valence-electron chi connectivity index (χ0n) is 13.7. The highest BCUT2D eigenvalue weighted by atomic mass is 16.6. The normalized spacial score (nSPS) is 12.7. The van der Waals surface area contributed by atoms with Gasteiger partial charge in [0, 0.05) is 29.3 Å². The number of nitrogens with zero attached hydrogens (tertiary/aromatic N) is 2. The fourth-order valence-electron chi connectivity index (χ4n) is 2.74. The van der Waals surface area contributed by atoms with Crippen LogP contribution in [0.25, 0.3) is 5.69 Å². The van der Waals surface area contributed by atoms with E-state index in [1.54, 1.807) is 24.4 Å². The van der Waals surface area contributed by atoms with Crippen molar-refractivity contribution in [1.82, 2.24) is 9.55 Å². The van der Waals surface area contributed by atoms with Crippen LogP contribution in [0.1, 0.15) is 16.2 Å².